The molecule has 0 radical (unpaired) electrons. The van der Waals surface area contributed by atoms with E-state index in [4.69, 9.17) is 16.3 Å². The Balaban J connectivity index is 2.42. The van der Waals surface area contributed by atoms with E-state index in [0.29, 0.717) is 29.4 Å². The molecular formula is C14H19ClN2O2. The Hall–Kier alpha value is -1.26. The fourth-order valence-corrected chi connectivity index (χ4v) is 2.52. The topological polar surface area (TPSA) is 41.6 Å². The van der Waals surface area contributed by atoms with Crippen LogP contribution < -0.4 is 10.1 Å². The lowest BCUT2D eigenvalue weighted by molar-refractivity contribution is 0.0731. The van der Waals surface area contributed by atoms with Gasteiger partial charge in [-0.1, -0.05) is 11.6 Å². The minimum absolute atomic E-state index is 0.00208. The Morgan fingerprint density at radius 3 is 2.58 bits per heavy atom. The predicted molar refractivity (Wildman–Crippen MR) is 76.3 cm³/mol. The number of piperazine rings is 1. The molecule has 4 nitrogen and oxygen atoms in total. The van der Waals surface area contributed by atoms with Crippen LogP contribution in [0.1, 0.15) is 21.5 Å². The first-order valence-corrected chi connectivity index (χ1v) is 6.77. The van der Waals surface area contributed by atoms with E-state index in [1.807, 2.05) is 24.8 Å². The first-order valence-electron chi connectivity index (χ1n) is 6.40. The van der Waals surface area contributed by atoms with Crippen molar-refractivity contribution in [3.05, 3.63) is 27.8 Å². The van der Waals surface area contributed by atoms with Crippen LogP contribution in [-0.4, -0.2) is 44.1 Å². The van der Waals surface area contributed by atoms with Gasteiger partial charge in [-0.3, -0.25) is 4.79 Å². The maximum absolute atomic E-state index is 12.6. The number of hydrogen-bond donors (Lipinski definition) is 1. The number of amides is 1. The number of methoxy groups -OCH3 is 1. The second-order valence-corrected chi connectivity index (χ2v) is 5.13. The van der Waals surface area contributed by atoms with Gasteiger partial charge in [-0.15, -0.1) is 0 Å². The third-order valence-corrected chi connectivity index (χ3v) is 4.06. The van der Waals surface area contributed by atoms with Gasteiger partial charge in [0.1, 0.15) is 5.75 Å². The standard InChI is InChI=1S/C14H19ClN2O2/c1-9-8-11(19-3)12(10(2)13(9)15)14(18)17-6-4-16-5-7-17/h8,16H,4-7H2,1-3H3. The van der Waals surface area contributed by atoms with Gasteiger partial charge < -0.3 is 15.0 Å². The Bertz CT molecular complexity index is 497. The van der Waals surface area contributed by atoms with E-state index in [0.717, 1.165) is 24.2 Å². The van der Waals surface area contributed by atoms with Gasteiger partial charge in [-0.25, -0.2) is 0 Å². The number of carbonyl (C=O) groups is 1. The Morgan fingerprint density at radius 2 is 2.00 bits per heavy atom. The average molecular weight is 283 g/mol. The Kier molecular flexibility index (Phi) is 4.32. The molecule has 1 fully saturated rings. The van der Waals surface area contributed by atoms with Crippen molar-refractivity contribution < 1.29 is 9.53 Å². The molecule has 5 heteroatoms. The van der Waals surface area contributed by atoms with Crippen molar-refractivity contribution in [2.45, 2.75) is 13.8 Å². The normalized spacial score (nSPS) is 15.5. The third kappa shape index (κ3) is 2.69. The fraction of sp³-hybridized carbons (Fsp3) is 0.500. The van der Waals surface area contributed by atoms with Gasteiger partial charge in [0.25, 0.3) is 5.91 Å². The van der Waals surface area contributed by atoms with E-state index in [-0.39, 0.29) is 5.91 Å². The molecule has 1 aromatic carbocycles. The molecule has 0 unspecified atom stereocenters. The van der Waals surface area contributed by atoms with Crippen molar-refractivity contribution in [1.82, 2.24) is 10.2 Å². The van der Waals surface area contributed by atoms with Gasteiger partial charge in [0.15, 0.2) is 0 Å². The summed E-state index contributed by atoms with van der Waals surface area (Å²) in [5, 5.41) is 3.87. The second kappa shape index (κ2) is 5.80. The number of ether oxygens (including phenoxy) is 1. The molecule has 1 amide bonds. The number of halogens is 1. The molecule has 104 valence electrons. The highest BCUT2D eigenvalue weighted by Gasteiger charge is 2.24. The van der Waals surface area contributed by atoms with Gasteiger partial charge in [0, 0.05) is 31.2 Å². The average Bonchev–Trinajstić information content (AvgIpc) is 2.44. The van der Waals surface area contributed by atoms with Crippen molar-refractivity contribution in [3.63, 3.8) is 0 Å². The summed E-state index contributed by atoms with van der Waals surface area (Å²) in [6, 6.07) is 1.82. The number of benzene rings is 1. The van der Waals surface area contributed by atoms with Gasteiger partial charge in [0.05, 0.1) is 12.7 Å². The summed E-state index contributed by atoms with van der Waals surface area (Å²) in [5.74, 6) is 0.598. The van der Waals surface area contributed by atoms with Crippen molar-refractivity contribution in [3.8, 4) is 5.75 Å². The number of aryl methyl sites for hydroxylation is 1. The molecule has 19 heavy (non-hydrogen) atoms. The molecule has 1 N–H and O–H groups in total. The van der Waals surface area contributed by atoms with Crippen LogP contribution in [-0.2, 0) is 0 Å². The zero-order valence-corrected chi connectivity index (χ0v) is 12.3. The lowest BCUT2D eigenvalue weighted by Gasteiger charge is -2.29. The molecule has 0 atom stereocenters. The summed E-state index contributed by atoms with van der Waals surface area (Å²) in [7, 11) is 1.58. The van der Waals surface area contributed by atoms with Crippen LogP contribution in [0.2, 0.25) is 5.02 Å². The molecule has 0 aliphatic carbocycles. The van der Waals surface area contributed by atoms with Crippen molar-refractivity contribution in [1.29, 1.82) is 0 Å². The molecule has 0 spiro atoms. The Morgan fingerprint density at radius 1 is 1.37 bits per heavy atom. The zero-order valence-electron chi connectivity index (χ0n) is 11.5. The molecule has 0 bridgehead atoms. The molecule has 1 aliphatic rings. The fourth-order valence-electron chi connectivity index (χ4n) is 2.38. The smallest absolute Gasteiger partial charge is 0.258 e. The minimum Gasteiger partial charge on any atom is -0.496 e. The summed E-state index contributed by atoms with van der Waals surface area (Å²) >= 11 is 6.26. The molecular weight excluding hydrogens is 264 g/mol. The largest absolute Gasteiger partial charge is 0.496 e. The third-order valence-electron chi connectivity index (χ3n) is 3.48. The number of nitrogens with one attached hydrogen (secondary N) is 1. The number of hydrogen-bond acceptors (Lipinski definition) is 3. The summed E-state index contributed by atoms with van der Waals surface area (Å²) in [4.78, 5) is 14.5. The summed E-state index contributed by atoms with van der Waals surface area (Å²) in [6.45, 7) is 6.86. The molecule has 1 heterocycles. The lowest BCUT2D eigenvalue weighted by Crippen LogP contribution is -2.46. The highest BCUT2D eigenvalue weighted by atomic mass is 35.5. The van der Waals surface area contributed by atoms with Crippen molar-refractivity contribution >= 4 is 17.5 Å². The Labute approximate surface area is 118 Å². The van der Waals surface area contributed by atoms with Gasteiger partial charge in [-0.2, -0.15) is 0 Å². The first-order chi connectivity index (χ1) is 9.06. The summed E-state index contributed by atoms with van der Waals surface area (Å²) in [5.41, 5.74) is 2.30. The van der Waals surface area contributed by atoms with E-state index in [2.05, 4.69) is 5.32 Å². The quantitative estimate of drug-likeness (QED) is 0.902. The number of nitrogens with zero attached hydrogens (tertiary/aromatic N) is 1. The minimum atomic E-state index is -0.00208. The molecule has 1 aromatic rings. The van der Waals surface area contributed by atoms with Crippen LogP contribution in [0.25, 0.3) is 0 Å². The zero-order chi connectivity index (χ0) is 14.0. The van der Waals surface area contributed by atoms with Crippen LogP contribution in [0.3, 0.4) is 0 Å². The molecule has 1 saturated heterocycles. The van der Waals surface area contributed by atoms with Crippen LogP contribution in [0.15, 0.2) is 6.07 Å². The van der Waals surface area contributed by atoms with Crippen LogP contribution in [0.5, 0.6) is 5.75 Å². The molecule has 0 saturated carbocycles. The van der Waals surface area contributed by atoms with Crippen molar-refractivity contribution in [2.75, 3.05) is 33.3 Å². The SMILES string of the molecule is COc1cc(C)c(Cl)c(C)c1C(=O)N1CCNCC1. The predicted octanol–water partition coefficient (Wildman–Crippen LogP) is 2.01. The van der Waals surface area contributed by atoms with E-state index in [1.165, 1.54) is 0 Å². The van der Waals surface area contributed by atoms with Gasteiger partial charge >= 0.3 is 0 Å². The first kappa shape index (κ1) is 14.2. The number of carbonyl (C=O) groups excluding carboxylic acids is 1. The summed E-state index contributed by atoms with van der Waals surface area (Å²) in [6.07, 6.45) is 0. The van der Waals surface area contributed by atoms with E-state index >= 15 is 0 Å². The van der Waals surface area contributed by atoms with Gasteiger partial charge in [0.2, 0.25) is 0 Å². The monoisotopic (exact) mass is 282 g/mol. The highest BCUT2D eigenvalue weighted by molar-refractivity contribution is 6.32. The van der Waals surface area contributed by atoms with Gasteiger partial charge in [-0.05, 0) is 31.0 Å². The van der Waals surface area contributed by atoms with E-state index < -0.39 is 0 Å². The van der Waals surface area contributed by atoms with E-state index in [1.54, 1.807) is 7.11 Å². The van der Waals surface area contributed by atoms with Crippen LogP contribution >= 0.6 is 11.6 Å². The number of rotatable bonds is 2. The van der Waals surface area contributed by atoms with Crippen LogP contribution in [0, 0.1) is 13.8 Å². The highest BCUT2D eigenvalue weighted by Crippen LogP contribution is 2.32. The molecule has 1 aliphatic heterocycles. The maximum Gasteiger partial charge on any atom is 0.258 e. The van der Waals surface area contributed by atoms with E-state index in [9.17, 15) is 4.79 Å². The second-order valence-electron chi connectivity index (χ2n) is 4.75. The van der Waals surface area contributed by atoms with Crippen molar-refractivity contribution in [2.24, 2.45) is 0 Å². The molecule has 2 rings (SSSR count). The summed E-state index contributed by atoms with van der Waals surface area (Å²) < 4.78 is 5.35. The lowest BCUT2D eigenvalue weighted by atomic mass is 10.0. The maximum atomic E-state index is 12.6. The van der Waals surface area contributed by atoms with Crippen LogP contribution in [0.4, 0.5) is 0 Å². The molecule has 0 aromatic heterocycles.